The minimum absolute atomic E-state index is 0.136. The summed E-state index contributed by atoms with van der Waals surface area (Å²) in [4.78, 5) is 26.6. The Bertz CT molecular complexity index is 911. The molecular formula is C23H27Cl2N3O3. The summed E-state index contributed by atoms with van der Waals surface area (Å²) >= 11 is 11.8. The molecule has 1 aliphatic heterocycles. The van der Waals surface area contributed by atoms with Crippen molar-refractivity contribution in [3.8, 4) is 0 Å². The highest BCUT2D eigenvalue weighted by atomic mass is 35.5. The monoisotopic (exact) mass is 463 g/mol. The van der Waals surface area contributed by atoms with Gasteiger partial charge in [-0.2, -0.15) is 0 Å². The normalized spacial score (nSPS) is 19.1. The third kappa shape index (κ3) is 7.21. The Morgan fingerprint density at radius 1 is 1.00 bits per heavy atom. The molecule has 2 N–H and O–H groups in total. The molecule has 6 nitrogen and oxygen atoms in total. The van der Waals surface area contributed by atoms with Crippen LogP contribution < -0.4 is 10.6 Å². The highest BCUT2D eigenvalue weighted by molar-refractivity contribution is 6.36. The van der Waals surface area contributed by atoms with Crippen molar-refractivity contribution in [3.63, 3.8) is 0 Å². The van der Waals surface area contributed by atoms with E-state index in [1.54, 1.807) is 6.07 Å². The molecule has 1 heterocycles. The van der Waals surface area contributed by atoms with Crippen molar-refractivity contribution < 1.29 is 14.3 Å². The summed E-state index contributed by atoms with van der Waals surface area (Å²) in [6, 6.07) is 12.8. The lowest BCUT2D eigenvalue weighted by Gasteiger charge is -2.35. The first-order chi connectivity index (χ1) is 14.8. The summed E-state index contributed by atoms with van der Waals surface area (Å²) in [5, 5.41) is 6.06. The highest BCUT2D eigenvalue weighted by Gasteiger charge is 2.22. The van der Waals surface area contributed by atoms with Crippen LogP contribution in [0.15, 0.2) is 42.5 Å². The van der Waals surface area contributed by atoms with E-state index in [2.05, 4.69) is 41.5 Å². The van der Waals surface area contributed by atoms with E-state index >= 15 is 0 Å². The zero-order valence-electron chi connectivity index (χ0n) is 17.7. The summed E-state index contributed by atoms with van der Waals surface area (Å²) in [5.41, 5.74) is 2.50. The van der Waals surface area contributed by atoms with Crippen molar-refractivity contribution in [2.45, 2.75) is 39.1 Å². The number of ether oxygens (including phenoxy) is 1. The molecule has 31 heavy (non-hydrogen) atoms. The zero-order chi connectivity index (χ0) is 22.4. The number of hydrogen-bond donors (Lipinski definition) is 2. The number of rotatable bonds is 7. The van der Waals surface area contributed by atoms with Gasteiger partial charge in [0, 0.05) is 31.2 Å². The molecule has 0 bridgehead atoms. The van der Waals surface area contributed by atoms with Crippen molar-refractivity contribution in [1.29, 1.82) is 0 Å². The Kier molecular flexibility index (Phi) is 8.32. The quantitative estimate of drug-likeness (QED) is 0.657. The SMILES string of the molecule is CC1CN(Cc2ccc(CNC(=O)CNC(=O)c3ccc(Cl)cc3Cl)cc2)CC(C)O1. The van der Waals surface area contributed by atoms with Crippen LogP contribution in [0, 0.1) is 0 Å². The molecule has 1 fully saturated rings. The molecule has 1 saturated heterocycles. The fourth-order valence-corrected chi connectivity index (χ4v) is 4.12. The molecule has 3 rings (SSSR count). The number of morpholine rings is 1. The molecule has 8 heteroatoms. The van der Waals surface area contributed by atoms with Gasteiger partial charge in [0.05, 0.1) is 29.3 Å². The van der Waals surface area contributed by atoms with Crippen LogP contribution in [0.1, 0.15) is 35.3 Å². The van der Waals surface area contributed by atoms with E-state index in [9.17, 15) is 9.59 Å². The summed E-state index contributed by atoms with van der Waals surface area (Å²) in [6.07, 6.45) is 0.490. The van der Waals surface area contributed by atoms with Gasteiger partial charge >= 0.3 is 0 Å². The van der Waals surface area contributed by atoms with Gasteiger partial charge in [-0.1, -0.05) is 47.5 Å². The molecule has 2 atom stereocenters. The number of amides is 2. The lowest BCUT2D eigenvalue weighted by Crippen LogP contribution is -2.44. The topological polar surface area (TPSA) is 70.7 Å². The number of nitrogens with one attached hydrogen (secondary N) is 2. The fourth-order valence-electron chi connectivity index (χ4n) is 3.63. The molecule has 2 aromatic rings. The molecule has 0 saturated carbocycles. The number of carbonyl (C=O) groups is 2. The number of nitrogens with zero attached hydrogens (tertiary/aromatic N) is 1. The second-order valence-corrected chi connectivity index (χ2v) is 8.70. The van der Waals surface area contributed by atoms with Gasteiger partial charge in [-0.25, -0.2) is 0 Å². The van der Waals surface area contributed by atoms with Gasteiger partial charge in [0.1, 0.15) is 0 Å². The third-order valence-corrected chi connectivity index (χ3v) is 5.55. The Labute approximate surface area is 192 Å². The van der Waals surface area contributed by atoms with Gasteiger partial charge in [0.15, 0.2) is 0 Å². The average Bonchev–Trinajstić information content (AvgIpc) is 2.71. The standard InChI is InChI=1S/C23H27Cl2N3O3/c1-15-12-28(13-16(2)31-15)14-18-5-3-17(4-6-18)10-26-22(29)11-27-23(30)20-8-7-19(24)9-21(20)25/h3-9,15-16H,10-14H2,1-2H3,(H,26,29)(H,27,30). The molecule has 0 radical (unpaired) electrons. The number of benzene rings is 2. The van der Waals surface area contributed by atoms with E-state index in [0.29, 0.717) is 11.6 Å². The lowest BCUT2D eigenvalue weighted by molar-refractivity contribution is -0.120. The number of halogens is 2. The molecule has 2 aromatic carbocycles. The summed E-state index contributed by atoms with van der Waals surface area (Å²) in [7, 11) is 0. The predicted molar refractivity (Wildman–Crippen MR) is 122 cm³/mol. The van der Waals surface area contributed by atoms with Gasteiger partial charge in [-0.3, -0.25) is 14.5 Å². The maximum absolute atomic E-state index is 12.2. The van der Waals surface area contributed by atoms with Crippen molar-refractivity contribution in [1.82, 2.24) is 15.5 Å². The van der Waals surface area contributed by atoms with Crippen LogP contribution in [0.3, 0.4) is 0 Å². The Morgan fingerprint density at radius 2 is 1.65 bits per heavy atom. The summed E-state index contributed by atoms with van der Waals surface area (Å²) in [5.74, 6) is -0.702. The van der Waals surface area contributed by atoms with Crippen LogP contribution in [0.4, 0.5) is 0 Å². The van der Waals surface area contributed by atoms with Gasteiger partial charge < -0.3 is 15.4 Å². The van der Waals surface area contributed by atoms with Gasteiger partial charge in [0.2, 0.25) is 5.91 Å². The van der Waals surface area contributed by atoms with Crippen molar-refractivity contribution in [2.75, 3.05) is 19.6 Å². The first-order valence-electron chi connectivity index (χ1n) is 10.3. The first-order valence-corrected chi connectivity index (χ1v) is 11.0. The second-order valence-electron chi connectivity index (χ2n) is 7.85. The van der Waals surface area contributed by atoms with E-state index in [1.165, 1.54) is 17.7 Å². The van der Waals surface area contributed by atoms with Crippen LogP contribution in [0.25, 0.3) is 0 Å². The molecule has 2 amide bonds. The van der Waals surface area contributed by atoms with Crippen LogP contribution in [-0.4, -0.2) is 48.6 Å². The Hall–Kier alpha value is -2.12. The minimum atomic E-state index is -0.423. The molecule has 0 spiro atoms. The van der Waals surface area contributed by atoms with E-state index < -0.39 is 5.91 Å². The molecule has 0 aromatic heterocycles. The Balaban J connectivity index is 1.42. The minimum Gasteiger partial charge on any atom is -0.373 e. The van der Waals surface area contributed by atoms with Crippen LogP contribution in [-0.2, 0) is 22.6 Å². The third-order valence-electron chi connectivity index (χ3n) is 5.00. The maximum atomic E-state index is 12.2. The summed E-state index contributed by atoms with van der Waals surface area (Å²) < 4.78 is 5.78. The van der Waals surface area contributed by atoms with Gasteiger partial charge in [-0.15, -0.1) is 0 Å². The van der Waals surface area contributed by atoms with Crippen LogP contribution in [0.2, 0.25) is 10.0 Å². The zero-order valence-corrected chi connectivity index (χ0v) is 19.2. The van der Waals surface area contributed by atoms with Crippen molar-refractivity contribution >= 4 is 35.0 Å². The molecule has 1 aliphatic rings. The molecule has 0 aliphatic carbocycles. The van der Waals surface area contributed by atoms with E-state index in [-0.39, 0.29) is 35.2 Å². The number of hydrogen-bond acceptors (Lipinski definition) is 4. The summed E-state index contributed by atoms with van der Waals surface area (Å²) in [6.45, 7) is 7.18. The largest absolute Gasteiger partial charge is 0.373 e. The van der Waals surface area contributed by atoms with E-state index in [4.69, 9.17) is 27.9 Å². The fraction of sp³-hybridized carbons (Fsp3) is 0.391. The predicted octanol–water partition coefficient (Wildman–Crippen LogP) is 3.65. The molecule has 2 unspecified atom stereocenters. The molecular weight excluding hydrogens is 437 g/mol. The molecule has 166 valence electrons. The number of carbonyl (C=O) groups excluding carboxylic acids is 2. The van der Waals surface area contributed by atoms with Crippen molar-refractivity contribution in [3.05, 3.63) is 69.2 Å². The smallest absolute Gasteiger partial charge is 0.253 e. The first kappa shape index (κ1) is 23.5. The Morgan fingerprint density at radius 3 is 2.29 bits per heavy atom. The van der Waals surface area contributed by atoms with Crippen LogP contribution in [0.5, 0.6) is 0 Å². The highest BCUT2D eigenvalue weighted by Crippen LogP contribution is 2.20. The van der Waals surface area contributed by atoms with Crippen LogP contribution >= 0.6 is 23.2 Å². The van der Waals surface area contributed by atoms with Crippen molar-refractivity contribution in [2.24, 2.45) is 0 Å². The average molecular weight is 464 g/mol. The van der Waals surface area contributed by atoms with Gasteiger partial charge in [0.25, 0.3) is 5.91 Å². The van der Waals surface area contributed by atoms with E-state index in [0.717, 1.165) is 25.2 Å². The second kappa shape index (κ2) is 11.0. The van der Waals surface area contributed by atoms with E-state index in [1.807, 2.05) is 12.1 Å². The van der Waals surface area contributed by atoms with Gasteiger partial charge in [-0.05, 0) is 43.2 Å². The lowest BCUT2D eigenvalue weighted by atomic mass is 10.1. The maximum Gasteiger partial charge on any atom is 0.253 e.